The molecule has 0 aliphatic carbocycles. The second kappa shape index (κ2) is 8.77. The zero-order valence-corrected chi connectivity index (χ0v) is 15.6. The number of benzene rings is 2. The van der Waals surface area contributed by atoms with Gasteiger partial charge in [-0.2, -0.15) is 5.26 Å². The van der Waals surface area contributed by atoms with Crippen molar-refractivity contribution in [3.8, 4) is 17.3 Å². The van der Waals surface area contributed by atoms with E-state index in [-0.39, 0.29) is 17.3 Å². The number of fused-ring (bicyclic) bond motifs is 1. The summed E-state index contributed by atoms with van der Waals surface area (Å²) in [6.45, 7) is 0.731. The number of carbonyl (C=O) groups excluding carboxylic acids is 1. The number of aryl methyl sites for hydroxylation is 1. The molecule has 2 aromatic carbocycles. The molecule has 1 unspecified atom stereocenters. The fourth-order valence-electron chi connectivity index (χ4n) is 3.43. The maximum atomic E-state index is 14.5. The van der Waals surface area contributed by atoms with Gasteiger partial charge in [0.15, 0.2) is 0 Å². The number of H-pyrrole nitrogens is 1. The molecule has 0 bridgehead atoms. The lowest BCUT2D eigenvalue weighted by molar-refractivity contribution is -0.111. The normalized spacial score (nSPS) is 12.1. The Morgan fingerprint density at radius 3 is 2.61 bits per heavy atom. The van der Waals surface area contributed by atoms with E-state index >= 15 is 0 Å². The molecule has 0 saturated carbocycles. The second-order valence-electron chi connectivity index (χ2n) is 6.80. The quantitative estimate of drug-likeness (QED) is 0.570. The number of aromatic amines is 1. The SMILES string of the molecule is CNCCC(C=O)CCc1c(-c2ccc(F)cc2)[nH]c2c(F)cc(C#N)cc12. The van der Waals surface area contributed by atoms with Gasteiger partial charge in [-0.3, -0.25) is 0 Å². The molecule has 0 amide bonds. The summed E-state index contributed by atoms with van der Waals surface area (Å²) in [6.07, 6.45) is 2.80. The van der Waals surface area contributed by atoms with Gasteiger partial charge in [0.05, 0.1) is 17.1 Å². The van der Waals surface area contributed by atoms with Crippen LogP contribution in [-0.2, 0) is 11.2 Å². The van der Waals surface area contributed by atoms with Crippen molar-refractivity contribution < 1.29 is 13.6 Å². The molecule has 4 nitrogen and oxygen atoms in total. The fourth-order valence-corrected chi connectivity index (χ4v) is 3.43. The highest BCUT2D eigenvalue weighted by Crippen LogP contribution is 2.34. The Hall–Kier alpha value is -3.04. The van der Waals surface area contributed by atoms with Crippen LogP contribution in [0.1, 0.15) is 24.0 Å². The summed E-state index contributed by atoms with van der Waals surface area (Å²) in [5.41, 5.74) is 2.78. The third-order valence-corrected chi connectivity index (χ3v) is 4.95. The predicted octanol–water partition coefficient (Wildman–Crippen LogP) is 4.34. The van der Waals surface area contributed by atoms with Crippen LogP contribution in [0.25, 0.3) is 22.2 Å². The topological polar surface area (TPSA) is 68.7 Å². The van der Waals surface area contributed by atoms with E-state index in [2.05, 4.69) is 10.3 Å². The van der Waals surface area contributed by atoms with Crippen molar-refractivity contribution >= 4 is 17.2 Å². The predicted molar refractivity (Wildman–Crippen MR) is 105 cm³/mol. The molecular weight excluding hydrogens is 360 g/mol. The molecule has 1 atom stereocenters. The van der Waals surface area contributed by atoms with Crippen molar-refractivity contribution in [1.29, 1.82) is 5.26 Å². The van der Waals surface area contributed by atoms with Crippen molar-refractivity contribution in [3.63, 3.8) is 0 Å². The lowest BCUT2D eigenvalue weighted by Crippen LogP contribution is -2.14. The van der Waals surface area contributed by atoms with E-state index in [1.54, 1.807) is 18.2 Å². The molecule has 0 spiro atoms. The minimum atomic E-state index is -0.509. The third-order valence-electron chi connectivity index (χ3n) is 4.95. The van der Waals surface area contributed by atoms with Gasteiger partial charge in [-0.25, -0.2) is 8.78 Å². The Morgan fingerprint density at radius 2 is 1.96 bits per heavy atom. The summed E-state index contributed by atoms with van der Waals surface area (Å²) in [7, 11) is 1.83. The number of nitrogens with zero attached hydrogens (tertiary/aromatic N) is 1. The highest BCUT2D eigenvalue weighted by Gasteiger charge is 2.18. The van der Waals surface area contributed by atoms with Gasteiger partial charge in [0.2, 0.25) is 0 Å². The van der Waals surface area contributed by atoms with E-state index < -0.39 is 5.82 Å². The van der Waals surface area contributed by atoms with Gasteiger partial charge in [0, 0.05) is 17.0 Å². The number of carbonyl (C=O) groups is 1. The molecule has 1 aromatic heterocycles. The lowest BCUT2D eigenvalue weighted by atomic mass is 9.94. The fraction of sp³-hybridized carbons (Fsp3) is 0.273. The van der Waals surface area contributed by atoms with Crippen LogP contribution in [0, 0.1) is 28.9 Å². The Kier molecular flexibility index (Phi) is 6.17. The molecule has 6 heteroatoms. The smallest absolute Gasteiger partial charge is 0.148 e. The van der Waals surface area contributed by atoms with E-state index in [1.165, 1.54) is 18.2 Å². The van der Waals surface area contributed by atoms with Gasteiger partial charge in [-0.15, -0.1) is 0 Å². The molecule has 3 aromatic rings. The molecule has 2 N–H and O–H groups in total. The zero-order valence-electron chi connectivity index (χ0n) is 15.6. The summed E-state index contributed by atoms with van der Waals surface area (Å²) in [6, 6.07) is 10.8. The molecular formula is C22H21F2N3O. The van der Waals surface area contributed by atoms with Gasteiger partial charge < -0.3 is 15.1 Å². The van der Waals surface area contributed by atoms with Crippen molar-refractivity contribution in [3.05, 3.63) is 59.2 Å². The number of halogens is 2. The second-order valence-corrected chi connectivity index (χ2v) is 6.80. The van der Waals surface area contributed by atoms with E-state index in [0.29, 0.717) is 35.9 Å². The number of aromatic nitrogens is 1. The van der Waals surface area contributed by atoms with Crippen molar-refractivity contribution in [2.24, 2.45) is 5.92 Å². The lowest BCUT2D eigenvalue weighted by Gasteiger charge is -2.11. The monoisotopic (exact) mass is 381 g/mol. The van der Waals surface area contributed by atoms with Crippen LogP contribution >= 0.6 is 0 Å². The Balaban J connectivity index is 2.07. The van der Waals surface area contributed by atoms with E-state index in [9.17, 15) is 18.8 Å². The molecule has 28 heavy (non-hydrogen) atoms. The van der Waals surface area contributed by atoms with Crippen LogP contribution in [0.2, 0.25) is 0 Å². The van der Waals surface area contributed by atoms with Crippen molar-refractivity contribution in [2.45, 2.75) is 19.3 Å². The first-order valence-electron chi connectivity index (χ1n) is 9.17. The van der Waals surface area contributed by atoms with E-state index in [0.717, 1.165) is 24.0 Å². The van der Waals surface area contributed by atoms with Crippen LogP contribution in [0.15, 0.2) is 36.4 Å². The van der Waals surface area contributed by atoms with Crippen LogP contribution in [0.5, 0.6) is 0 Å². The minimum Gasteiger partial charge on any atom is -0.352 e. The van der Waals surface area contributed by atoms with Crippen LogP contribution < -0.4 is 5.32 Å². The number of nitriles is 1. The summed E-state index contributed by atoms with van der Waals surface area (Å²) < 4.78 is 27.9. The molecule has 3 rings (SSSR count). The van der Waals surface area contributed by atoms with Crippen LogP contribution in [0.3, 0.4) is 0 Å². The standard InChI is InChI=1S/C22H21F2N3O/c1-26-9-8-14(13-28)2-7-18-19-10-15(12-25)11-20(24)22(19)27-21(18)16-3-5-17(23)6-4-16/h3-6,10-11,13-14,26-27H,2,7-9H2,1H3. The maximum absolute atomic E-state index is 14.5. The summed E-state index contributed by atoms with van der Waals surface area (Å²) in [5.74, 6) is -0.985. The average Bonchev–Trinajstić information content (AvgIpc) is 3.07. The average molecular weight is 381 g/mol. The Labute approximate surface area is 162 Å². The van der Waals surface area contributed by atoms with Crippen molar-refractivity contribution in [2.75, 3.05) is 13.6 Å². The zero-order chi connectivity index (χ0) is 20.1. The number of nitrogens with one attached hydrogen (secondary N) is 2. The summed E-state index contributed by atoms with van der Waals surface area (Å²) in [4.78, 5) is 14.5. The largest absolute Gasteiger partial charge is 0.352 e. The third kappa shape index (κ3) is 4.10. The van der Waals surface area contributed by atoms with Gasteiger partial charge in [-0.1, -0.05) is 0 Å². The first kappa shape index (κ1) is 19.7. The van der Waals surface area contributed by atoms with Crippen molar-refractivity contribution in [1.82, 2.24) is 10.3 Å². The first-order valence-corrected chi connectivity index (χ1v) is 9.17. The molecule has 0 fully saturated rings. The maximum Gasteiger partial charge on any atom is 0.148 e. The Morgan fingerprint density at radius 1 is 1.21 bits per heavy atom. The highest BCUT2D eigenvalue weighted by atomic mass is 19.1. The van der Waals surface area contributed by atoms with Gasteiger partial charge in [0.25, 0.3) is 0 Å². The van der Waals surface area contributed by atoms with E-state index in [1.807, 2.05) is 13.1 Å². The molecule has 0 radical (unpaired) electrons. The number of hydrogen-bond donors (Lipinski definition) is 2. The molecule has 0 aliphatic heterocycles. The Bertz CT molecular complexity index is 1020. The molecule has 144 valence electrons. The number of hydrogen-bond acceptors (Lipinski definition) is 3. The van der Waals surface area contributed by atoms with Gasteiger partial charge in [0.1, 0.15) is 17.9 Å². The van der Waals surface area contributed by atoms with Crippen LogP contribution in [-0.4, -0.2) is 24.9 Å². The summed E-state index contributed by atoms with van der Waals surface area (Å²) >= 11 is 0. The van der Waals surface area contributed by atoms with Crippen LogP contribution in [0.4, 0.5) is 8.78 Å². The molecule has 1 heterocycles. The highest BCUT2D eigenvalue weighted by molar-refractivity contribution is 5.92. The summed E-state index contributed by atoms with van der Waals surface area (Å²) in [5, 5.41) is 12.9. The molecule has 0 saturated heterocycles. The molecule has 0 aliphatic rings. The number of rotatable bonds is 8. The first-order chi connectivity index (χ1) is 13.6. The van der Waals surface area contributed by atoms with E-state index in [4.69, 9.17) is 0 Å². The van der Waals surface area contributed by atoms with Gasteiger partial charge in [-0.05, 0) is 80.4 Å². The number of aldehydes is 1. The minimum absolute atomic E-state index is 0.123. The van der Waals surface area contributed by atoms with Gasteiger partial charge >= 0.3 is 0 Å².